The number of hydrogen-bond acceptors (Lipinski definition) is 1. The first-order valence-corrected chi connectivity index (χ1v) is 4.69. The molecule has 0 aromatic rings. The van der Waals surface area contributed by atoms with E-state index in [0.29, 0.717) is 6.54 Å². The Morgan fingerprint density at radius 3 is 2.58 bits per heavy atom. The van der Waals surface area contributed by atoms with Crippen molar-refractivity contribution in [1.82, 2.24) is 5.32 Å². The van der Waals surface area contributed by atoms with E-state index in [4.69, 9.17) is 11.6 Å². The molecule has 0 saturated carbocycles. The molecule has 0 aliphatic carbocycles. The quantitative estimate of drug-likeness (QED) is 0.505. The third kappa shape index (κ3) is 6.23. The van der Waals surface area contributed by atoms with Crippen molar-refractivity contribution in [3.8, 4) is 0 Å². The van der Waals surface area contributed by atoms with Crippen LogP contribution in [0, 0.1) is 0 Å². The molecule has 0 aromatic carbocycles. The third-order valence-electron chi connectivity index (χ3n) is 1.56. The molecule has 0 fully saturated rings. The van der Waals surface area contributed by atoms with Gasteiger partial charge < -0.3 is 5.32 Å². The first-order chi connectivity index (χ1) is 5.68. The molecule has 0 aliphatic rings. The number of halogens is 1. The molecular weight excluding hydrogens is 174 g/mol. The molecule has 0 heterocycles. The topological polar surface area (TPSA) is 29.1 Å². The Labute approximate surface area is 79.0 Å². The van der Waals surface area contributed by atoms with Crippen LogP contribution in [0.25, 0.3) is 0 Å². The first kappa shape index (κ1) is 11.5. The molecule has 0 atom stereocenters. The number of rotatable bonds is 6. The smallest absolute Gasteiger partial charge is 0.262 e. The fraction of sp³-hybridized carbons (Fsp3) is 0.667. The highest BCUT2D eigenvalue weighted by molar-refractivity contribution is 6.41. The Hall–Kier alpha value is -0.500. The molecule has 0 aromatic heterocycles. The Kier molecular flexibility index (Phi) is 6.87. The molecule has 70 valence electrons. The van der Waals surface area contributed by atoms with Gasteiger partial charge in [0, 0.05) is 6.54 Å². The van der Waals surface area contributed by atoms with Gasteiger partial charge in [-0.15, -0.1) is 0 Å². The van der Waals surface area contributed by atoms with Crippen molar-refractivity contribution < 1.29 is 4.79 Å². The van der Waals surface area contributed by atoms with Crippen LogP contribution in [0.1, 0.15) is 32.6 Å². The van der Waals surface area contributed by atoms with Crippen molar-refractivity contribution in [3.05, 3.63) is 11.6 Å². The molecule has 3 heteroatoms. The Morgan fingerprint density at radius 1 is 1.42 bits per heavy atom. The summed E-state index contributed by atoms with van der Waals surface area (Å²) in [5.74, 6) is -0.256. The van der Waals surface area contributed by atoms with E-state index in [1.54, 1.807) is 0 Å². The standard InChI is InChI=1S/C9H16ClNO/c1-3-4-5-6-7-11-9(12)8(2)10/h2-7H2,1H3,(H,11,12). The van der Waals surface area contributed by atoms with Crippen LogP contribution in [0.15, 0.2) is 11.6 Å². The fourth-order valence-electron chi connectivity index (χ4n) is 0.850. The van der Waals surface area contributed by atoms with Crippen molar-refractivity contribution in [2.24, 2.45) is 0 Å². The van der Waals surface area contributed by atoms with Crippen molar-refractivity contribution >= 4 is 17.5 Å². The number of nitrogens with one attached hydrogen (secondary N) is 1. The molecule has 0 radical (unpaired) electrons. The van der Waals surface area contributed by atoms with E-state index >= 15 is 0 Å². The van der Waals surface area contributed by atoms with Crippen LogP contribution >= 0.6 is 11.6 Å². The number of carbonyl (C=O) groups is 1. The Balaban J connectivity index is 3.20. The number of carbonyl (C=O) groups excluding carboxylic acids is 1. The number of amides is 1. The Morgan fingerprint density at radius 2 is 2.08 bits per heavy atom. The lowest BCUT2D eigenvalue weighted by molar-refractivity contribution is -0.116. The van der Waals surface area contributed by atoms with Gasteiger partial charge in [-0.2, -0.15) is 0 Å². The summed E-state index contributed by atoms with van der Waals surface area (Å²) in [6, 6.07) is 0. The summed E-state index contributed by atoms with van der Waals surface area (Å²) in [5, 5.41) is 2.73. The maximum absolute atomic E-state index is 10.8. The zero-order valence-corrected chi connectivity index (χ0v) is 8.28. The summed E-state index contributed by atoms with van der Waals surface area (Å²) < 4.78 is 0. The predicted molar refractivity (Wildman–Crippen MR) is 52.1 cm³/mol. The molecule has 0 rings (SSSR count). The van der Waals surface area contributed by atoms with Gasteiger partial charge in [0.2, 0.25) is 0 Å². The largest absolute Gasteiger partial charge is 0.351 e. The van der Waals surface area contributed by atoms with Crippen LogP contribution in [-0.2, 0) is 4.79 Å². The second kappa shape index (κ2) is 7.17. The summed E-state index contributed by atoms with van der Waals surface area (Å²) in [6.07, 6.45) is 4.60. The molecule has 0 spiro atoms. The van der Waals surface area contributed by atoms with E-state index in [-0.39, 0.29) is 10.9 Å². The zero-order valence-electron chi connectivity index (χ0n) is 7.53. The minimum atomic E-state index is -0.256. The van der Waals surface area contributed by atoms with E-state index in [9.17, 15) is 4.79 Å². The maximum Gasteiger partial charge on any atom is 0.262 e. The van der Waals surface area contributed by atoms with Gasteiger partial charge >= 0.3 is 0 Å². The van der Waals surface area contributed by atoms with Gasteiger partial charge in [0.25, 0.3) is 5.91 Å². The lowest BCUT2D eigenvalue weighted by atomic mass is 10.2. The lowest BCUT2D eigenvalue weighted by Crippen LogP contribution is -2.23. The highest BCUT2D eigenvalue weighted by Crippen LogP contribution is 1.99. The van der Waals surface area contributed by atoms with Gasteiger partial charge in [0.1, 0.15) is 0 Å². The van der Waals surface area contributed by atoms with Gasteiger partial charge in [-0.25, -0.2) is 0 Å². The SMILES string of the molecule is C=C(Cl)C(=O)NCCCCCC. The molecule has 12 heavy (non-hydrogen) atoms. The zero-order chi connectivity index (χ0) is 9.40. The highest BCUT2D eigenvalue weighted by atomic mass is 35.5. The first-order valence-electron chi connectivity index (χ1n) is 4.31. The average molecular weight is 190 g/mol. The van der Waals surface area contributed by atoms with Gasteiger partial charge in [-0.1, -0.05) is 44.4 Å². The van der Waals surface area contributed by atoms with E-state index in [0.717, 1.165) is 12.8 Å². The monoisotopic (exact) mass is 189 g/mol. The third-order valence-corrected chi connectivity index (χ3v) is 1.73. The van der Waals surface area contributed by atoms with E-state index in [1.807, 2.05) is 0 Å². The molecule has 1 N–H and O–H groups in total. The van der Waals surface area contributed by atoms with Gasteiger partial charge in [-0.3, -0.25) is 4.79 Å². The van der Waals surface area contributed by atoms with E-state index in [1.165, 1.54) is 12.8 Å². The van der Waals surface area contributed by atoms with Crippen molar-refractivity contribution in [3.63, 3.8) is 0 Å². The number of unbranched alkanes of at least 4 members (excludes halogenated alkanes) is 3. The normalized spacial score (nSPS) is 9.50. The maximum atomic E-state index is 10.8. The summed E-state index contributed by atoms with van der Waals surface area (Å²) in [6.45, 7) is 6.17. The van der Waals surface area contributed by atoms with Crippen LogP contribution in [0.4, 0.5) is 0 Å². The van der Waals surface area contributed by atoms with Crippen LogP contribution in [0.2, 0.25) is 0 Å². The van der Waals surface area contributed by atoms with Gasteiger partial charge in [0.15, 0.2) is 0 Å². The van der Waals surface area contributed by atoms with Gasteiger partial charge in [0.05, 0.1) is 5.03 Å². The number of hydrogen-bond donors (Lipinski definition) is 1. The summed E-state index contributed by atoms with van der Waals surface area (Å²) >= 11 is 5.36. The van der Waals surface area contributed by atoms with E-state index in [2.05, 4.69) is 18.8 Å². The molecule has 2 nitrogen and oxygen atoms in total. The summed E-state index contributed by atoms with van der Waals surface area (Å²) in [4.78, 5) is 10.8. The minimum Gasteiger partial charge on any atom is -0.351 e. The van der Waals surface area contributed by atoms with Crippen LogP contribution in [0.5, 0.6) is 0 Å². The van der Waals surface area contributed by atoms with Gasteiger partial charge in [-0.05, 0) is 6.42 Å². The van der Waals surface area contributed by atoms with Crippen LogP contribution in [0.3, 0.4) is 0 Å². The highest BCUT2D eigenvalue weighted by Gasteiger charge is 2.00. The van der Waals surface area contributed by atoms with Crippen LogP contribution in [-0.4, -0.2) is 12.5 Å². The molecule has 0 unspecified atom stereocenters. The average Bonchev–Trinajstić information content (AvgIpc) is 2.03. The van der Waals surface area contributed by atoms with Crippen molar-refractivity contribution in [2.75, 3.05) is 6.54 Å². The molecular formula is C9H16ClNO. The Bertz CT molecular complexity index is 157. The fourth-order valence-corrected chi connectivity index (χ4v) is 0.916. The molecule has 0 bridgehead atoms. The molecule has 0 aliphatic heterocycles. The van der Waals surface area contributed by atoms with Crippen molar-refractivity contribution in [2.45, 2.75) is 32.6 Å². The van der Waals surface area contributed by atoms with E-state index < -0.39 is 0 Å². The predicted octanol–water partition coefficient (Wildman–Crippen LogP) is 2.44. The summed E-state index contributed by atoms with van der Waals surface area (Å²) in [5.41, 5.74) is 0. The lowest BCUT2D eigenvalue weighted by Gasteiger charge is -2.02. The second-order valence-corrected chi connectivity index (χ2v) is 3.18. The van der Waals surface area contributed by atoms with Crippen LogP contribution < -0.4 is 5.32 Å². The molecule has 1 amide bonds. The summed E-state index contributed by atoms with van der Waals surface area (Å²) in [7, 11) is 0. The second-order valence-electron chi connectivity index (χ2n) is 2.72. The minimum absolute atomic E-state index is 0.0606. The molecule has 0 saturated heterocycles. The van der Waals surface area contributed by atoms with Crippen molar-refractivity contribution in [1.29, 1.82) is 0 Å².